The van der Waals surface area contributed by atoms with Crippen molar-refractivity contribution in [1.82, 2.24) is 0 Å². The van der Waals surface area contributed by atoms with Crippen LogP contribution in [-0.2, 0) is 16.6 Å². The molecule has 0 heterocycles. The monoisotopic (exact) mass is 508 g/mol. The Labute approximate surface area is 207 Å². The first-order valence-corrected chi connectivity index (χ1v) is 12.3. The molecule has 0 saturated heterocycles. The number of benzene rings is 4. The average molecular weight is 509 g/mol. The maximum absolute atomic E-state index is 14.2. The van der Waals surface area contributed by atoms with E-state index in [0.717, 1.165) is 16.4 Å². The first-order valence-electron chi connectivity index (χ1n) is 10.9. The molecular formula is C27H22F2N2O4S. The molecule has 0 spiro atoms. The molecule has 0 atom stereocenters. The topological polar surface area (TPSA) is 75.7 Å². The minimum atomic E-state index is -4.17. The Hall–Kier alpha value is -4.24. The first kappa shape index (κ1) is 24.9. The quantitative estimate of drug-likeness (QED) is 0.335. The Bertz CT molecular complexity index is 1460. The van der Waals surface area contributed by atoms with E-state index in [1.54, 1.807) is 36.4 Å². The van der Waals surface area contributed by atoms with Crippen LogP contribution < -0.4 is 14.4 Å². The highest BCUT2D eigenvalue weighted by Crippen LogP contribution is 2.31. The summed E-state index contributed by atoms with van der Waals surface area (Å²) in [5.41, 5.74) is 0.0226. The van der Waals surface area contributed by atoms with Gasteiger partial charge in [-0.1, -0.05) is 48.5 Å². The summed E-state index contributed by atoms with van der Waals surface area (Å²) in [7, 11) is -2.70. The predicted molar refractivity (Wildman–Crippen MR) is 134 cm³/mol. The third kappa shape index (κ3) is 5.21. The van der Waals surface area contributed by atoms with E-state index in [1.165, 1.54) is 55.6 Å². The number of sulfonamides is 1. The Kier molecular flexibility index (Phi) is 7.30. The van der Waals surface area contributed by atoms with Crippen molar-refractivity contribution < 1.29 is 26.7 Å². The van der Waals surface area contributed by atoms with Crippen LogP contribution in [0.4, 0.5) is 20.2 Å². The van der Waals surface area contributed by atoms with Gasteiger partial charge >= 0.3 is 0 Å². The molecule has 4 aromatic rings. The van der Waals surface area contributed by atoms with E-state index in [2.05, 4.69) is 5.32 Å². The van der Waals surface area contributed by atoms with Crippen LogP contribution in [0.25, 0.3) is 0 Å². The van der Waals surface area contributed by atoms with Crippen LogP contribution in [0.5, 0.6) is 5.75 Å². The summed E-state index contributed by atoms with van der Waals surface area (Å²) in [6.45, 7) is -0.0897. The largest absolute Gasteiger partial charge is 0.497 e. The van der Waals surface area contributed by atoms with Crippen LogP contribution in [0.15, 0.2) is 102 Å². The minimum Gasteiger partial charge on any atom is -0.497 e. The van der Waals surface area contributed by atoms with E-state index in [4.69, 9.17) is 4.74 Å². The van der Waals surface area contributed by atoms with E-state index >= 15 is 0 Å². The number of rotatable bonds is 8. The predicted octanol–water partition coefficient (Wildman–Crippen LogP) is 5.62. The molecule has 0 saturated carbocycles. The molecule has 4 aromatic carbocycles. The summed E-state index contributed by atoms with van der Waals surface area (Å²) in [5, 5.41) is 2.23. The lowest BCUT2D eigenvalue weighted by atomic mass is 10.1. The highest BCUT2D eigenvalue weighted by molar-refractivity contribution is 7.92. The van der Waals surface area contributed by atoms with Crippen LogP contribution in [-0.4, -0.2) is 21.4 Å². The second-order valence-electron chi connectivity index (χ2n) is 7.74. The highest BCUT2D eigenvalue weighted by atomic mass is 32.2. The molecule has 0 unspecified atom stereocenters. The number of ether oxygens (including phenoxy) is 1. The number of anilines is 2. The first-order chi connectivity index (χ1) is 17.3. The number of hydrogen-bond donors (Lipinski definition) is 1. The zero-order chi connectivity index (χ0) is 25.7. The fourth-order valence-electron chi connectivity index (χ4n) is 3.61. The van der Waals surface area contributed by atoms with Gasteiger partial charge in [-0.25, -0.2) is 17.2 Å². The van der Waals surface area contributed by atoms with Crippen molar-refractivity contribution in [2.75, 3.05) is 16.7 Å². The van der Waals surface area contributed by atoms with Crippen LogP contribution in [0, 0.1) is 11.6 Å². The van der Waals surface area contributed by atoms with Gasteiger partial charge in [0, 0.05) is 0 Å². The number of nitrogens with one attached hydrogen (secondary N) is 1. The van der Waals surface area contributed by atoms with Crippen LogP contribution in [0.3, 0.4) is 0 Å². The van der Waals surface area contributed by atoms with Crippen LogP contribution >= 0.6 is 0 Å². The van der Waals surface area contributed by atoms with Gasteiger partial charge in [0.1, 0.15) is 23.1 Å². The van der Waals surface area contributed by atoms with E-state index in [0.29, 0.717) is 11.3 Å². The van der Waals surface area contributed by atoms with Gasteiger partial charge in [-0.2, -0.15) is 0 Å². The lowest BCUT2D eigenvalue weighted by Crippen LogP contribution is -2.32. The molecular weight excluding hydrogens is 486 g/mol. The van der Waals surface area contributed by atoms with Gasteiger partial charge in [0.25, 0.3) is 15.9 Å². The summed E-state index contributed by atoms with van der Waals surface area (Å²) in [6, 6.07) is 23.9. The van der Waals surface area contributed by atoms with Gasteiger partial charge in [0.15, 0.2) is 0 Å². The minimum absolute atomic E-state index is 0.0189. The number of carbonyl (C=O) groups excluding carboxylic acids is 1. The smallest absolute Gasteiger partial charge is 0.264 e. The zero-order valence-electron chi connectivity index (χ0n) is 19.2. The van der Waals surface area contributed by atoms with Gasteiger partial charge in [-0.05, 0) is 54.1 Å². The van der Waals surface area contributed by atoms with Crippen molar-refractivity contribution in [1.29, 1.82) is 0 Å². The SMILES string of the molecule is COc1ccc(S(=O)(=O)N(Cc2ccccc2)c2ccccc2C(=O)Nc2c(F)cccc2F)cc1. The number of carbonyl (C=O) groups is 1. The van der Waals surface area contributed by atoms with Crippen molar-refractivity contribution >= 4 is 27.3 Å². The summed E-state index contributed by atoms with van der Waals surface area (Å²) in [5.74, 6) is -2.28. The van der Waals surface area contributed by atoms with Gasteiger partial charge in [0.05, 0.1) is 29.8 Å². The van der Waals surface area contributed by atoms with Crippen molar-refractivity contribution in [3.63, 3.8) is 0 Å². The van der Waals surface area contributed by atoms with Crippen LogP contribution in [0.2, 0.25) is 0 Å². The third-order valence-electron chi connectivity index (χ3n) is 5.44. The number of amides is 1. The van der Waals surface area contributed by atoms with E-state index in [-0.39, 0.29) is 22.7 Å². The summed E-state index contributed by atoms with van der Waals surface area (Å²) in [4.78, 5) is 13.1. The second-order valence-corrected chi connectivity index (χ2v) is 9.60. The lowest BCUT2D eigenvalue weighted by molar-refractivity contribution is 0.102. The third-order valence-corrected chi connectivity index (χ3v) is 7.21. The Balaban J connectivity index is 1.80. The van der Waals surface area contributed by atoms with Crippen molar-refractivity contribution in [3.05, 3.63) is 120 Å². The molecule has 0 fully saturated rings. The fraction of sp³-hybridized carbons (Fsp3) is 0.0741. The summed E-state index contributed by atoms with van der Waals surface area (Å²) in [6.07, 6.45) is 0. The zero-order valence-corrected chi connectivity index (χ0v) is 20.0. The average Bonchev–Trinajstić information content (AvgIpc) is 2.90. The molecule has 1 N–H and O–H groups in total. The molecule has 6 nitrogen and oxygen atoms in total. The molecule has 9 heteroatoms. The number of methoxy groups -OCH3 is 1. The lowest BCUT2D eigenvalue weighted by Gasteiger charge is -2.27. The molecule has 0 radical (unpaired) electrons. The van der Waals surface area contributed by atoms with Gasteiger partial charge in [-0.3, -0.25) is 9.10 Å². The van der Waals surface area contributed by atoms with Gasteiger partial charge in [0.2, 0.25) is 0 Å². The Morgan fingerprint density at radius 1 is 0.833 bits per heavy atom. The highest BCUT2D eigenvalue weighted by Gasteiger charge is 2.29. The van der Waals surface area contributed by atoms with Gasteiger partial charge in [-0.15, -0.1) is 0 Å². The number of nitrogens with zero attached hydrogens (tertiary/aromatic N) is 1. The van der Waals surface area contributed by atoms with E-state index in [9.17, 15) is 22.0 Å². The number of halogens is 2. The summed E-state index contributed by atoms with van der Waals surface area (Å²) >= 11 is 0. The van der Waals surface area contributed by atoms with E-state index < -0.39 is 33.3 Å². The van der Waals surface area contributed by atoms with Gasteiger partial charge < -0.3 is 10.1 Å². The molecule has 184 valence electrons. The van der Waals surface area contributed by atoms with Crippen molar-refractivity contribution in [2.24, 2.45) is 0 Å². The molecule has 0 aromatic heterocycles. The van der Waals surface area contributed by atoms with Crippen LogP contribution in [0.1, 0.15) is 15.9 Å². The molecule has 0 bridgehead atoms. The Morgan fingerprint density at radius 2 is 1.44 bits per heavy atom. The number of para-hydroxylation sites is 2. The normalized spacial score (nSPS) is 11.1. The second kappa shape index (κ2) is 10.6. The molecule has 0 aliphatic heterocycles. The molecule has 36 heavy (non-hydrogen) atoms. The number of hydrogen-bond acceptors (Lipinski definition) is 4. The maximum Gasteiger partial charge on any atom is 0.264 e. The Morgan fingerprint density at radius 3 is 2.08 bits per heavy atom. The maximum atomic E-state index is 14.2. The molecule has 0 aliphatic rings. The molecule has 4 rings (SSSR count). The van der Waals surface area contributed by atoms with Crippen molar-refractivity contribution in [3.8, 4) is 5.75 Å². The molecule has 0 aliphatic carbocycles. The standard InChI is InChI=1S/C27H22F2N2O4S/c1-35-20-14-16-21(17-15-20)36(33,34)31(18-19-8-3-2-4-9-19)25-13-6-5-10-22(25)27(32)30-26-23(28)11-7-12-24(26)29/h2-17H,18H2,1H3,(H,30,32). The van der Waals surface area contributed by atoms with Crippen molar-refractivity contribution in [2.45, 2.75) is 11.4 Å². The fourth-order valence-corrected chi connectivity index (χ4v) is 5.08. The summed E-state index contributed by atoms with van der Waals surface area (Å²) < 4.78 is 62.2. The van der Waals surface area contributed by atoms with E-state index in [1.807, 2.05) is 0 Å². The molecule has 1 amide bonds.